The van der Waals surface area contributed by atoms with Gasteiger partial charge in [0, 0.05) is 0 Å². The van der Waals surface area contributed by atoms with Gasteiger partial charge in [0.1, 0.15) is 0 Å². The molecule has 0 saturated carbocycles. The number of rotatable bonds is 6. The van der Waals surface area contributed by atoms with E-state index in [1.807, 2.05) is 0 Å². The Morgan fingerprint density at radius 3 is 1.73 bits per heavy atom. The summed E-state index contributed by atoms with van der Waals surface area (Å²) in [7, 11) is 0. The molecule has 0 atom stereocenters. The third-order valence-electron chi connectivity index (χ3n) is 0.691. The van der Waals surface area contributed by atoms with Gasteiger partial charge in [-0.2, -0.15) is 0 Å². The van der Waals surface area contributed by atoms with Crippen molar-refractivity contribution in [3.63, 3.8) is 0 Å². The summed E-state index contributed by atoms with van der Waals surface area (Å²) in [5.41, 5.74) is 0. The Morgan fingerprint density at radius 1 is 1.09 bits per heavy atom. The van der Waals surface area contributed by atoms with Crippen molar-refractivity contribution in [2.75, 3.05) is 26.4 Å². The molecule has 0 fully saturated rings. The largest absolute Gasteiger partial charge is 0.394 e. The van der Waals surface area contributed by atoms with Crippen LogP contribution < -0.4 is 0 Å². The Morgan fingerprint density at radius 2 is 1.45 bits per heavy atom. The summed E-state index contributed by atoms with van der Waals surface area (Å²) in [6.07, 6.45) is 0. The van der Waals surface area contributed by atoms with Crippen molar-refractivity contribution < 1.29 is 24.2 Å². The molecule has 0 heterocycles. The minimum absolute atomic E-state index is 0.0563. The van der Waals surface area contributed by atoms with Crippen molar-refractivity contribution in [1.29, 1.82) is 0 Å². The maximum absolute atomic E-state index is 9.04. The van der Waals surface area contributed by atoms with Crippen LogP contribution in [0.5, 0.6) is 0 Å². The molecule has 7 heteroatoms. The van der Waals surface area contributed by atoms with E-state index in [1.165, 1.54) is 0 Å². The lowest BCUT2D eigenvalue weighted by atomic mass is 10.8. The fraction of sp³-hybridized carbons (Fsp3) is 1.00. The first-order valence-corrected chi connectivity index (χ1v) is 5.55. The fourth-order valence-corrected chi connectivity index (χ4v) is 1.50. The zero-order valence-corrected chi connectivity index (χ0v) is 7.55. The summed E-state index contributed by atoms with van der Waals surface area (Å²) in [6, 6.07) is 0. The van der Waals surface area contributed by atoms with Gasteiger partial charge < -0.3 is 24.2 Å². The van der Waals surface area contributed by atoms with Crippen molar-refractivity contribution >= 4 is 18.5 Å². The van der Waals surface area contributed by atoms with Crippen molar-refractivity contribution in [3.05, 3.63) is 0 Å². The van der Waals surface area contributed by atoms with Crippen LogP contribution in [0, 0.1) is 0 Å². The topological polar surface area (TPSA) is 79.2 Å². The Labute approximate surface area is 69.8 Å². The minimum atomic E-state index is -3.21. The smallest absolute Gasteiger partial charge is 0.324 e. The van der Waals surface area contributed by atoms with Crippen molar-refractivity contribution in [1.82, 2.24) is 0 Å². The van der Waals surface area contributed by atoms with Gasteiger partial charge in [-0.15, -0.1) is 0 Å². The van der Waals surface area contributed by atoms with E-state index < -0.39 is 6.72 Å². The SMILES string of the molecule is OCCOP(O)(=S)OCCO. The molecule has 0 saturated heterocycles. The molecule has 11 heavy (non-hydrogen) atoms. The molecule has 0 aliphatic heterocycles. The van der Waals surface area contributed by atoms with Crippen LogP contribution in [0.3, 0.4) is 0 Å². The zero-order valence-electron chi connectivity index (χ0n) is 5.84. The molecular weight excluding hydrogens is 191 g/mol. The number of aliphatic hydroxyl groups is 2. The fourth-order valence-electron chi connectivity index (χ4n) is 0.350. The first kappa shape index (κ1) is 11.4. The molecule has 3 N–H and O–H groups in total. The minimum Gasteiger partial charge on any atom is -0.394 e. The van der Waals surface area contributed by atoms with Gasteiger partial charge in [0.2, 0.25) is 0 Å². The summed E-state index contributed by atoms with van der Waals surface area (Å²) >= 11 is 4.47. The third kappa shape index (κ3) is 6.83. The maximum atomic E-state index is 9.04. The summed E-state index contributed by atoms with van der Waals surface area (Å²) in [5, 5.41) is 16.6. The Balaban J connectivity index is 3.53. The van der Waals surface area contributed by atoms with Crippen LogP contribution in [0.1, 0.15) is 0 Å². The van der Waals surface area contributed by atoms with Gasteiger partial charge in [-0.05, 0) is 11.8 Å². The summed E-state index contributed by atoms with van der Waals surface area (Å²) < 4.78 is 9.16. The molecule has 0 aliphatic rings. The van der Waals surface area contributed by atoms with E-state index in [0.717, 1.165) is 0 Å². The lowest BCUT2D eigenvalue weighted by Gasteiger charge is -2.13. The van der Waals surface area contributed by atoms with Crippen LogP contribution in [0.25, 0.3) is 0 Å². The van der Waals surface area contributed by atoms with Crippen molar-refractivity contribution in [2.24, 2.45) is 0 Å². The van der Waals surface area contributed by atoms with E-state index >= 15 is 0 Å². The highest BCUT2D eigenvalue weighted by Gasteiger charge is 2.13. The zero-order chi connectivity index (χ0) is 8.74. The summed E-state index contributed by atoms with van der Waals surface area (Å²) in [5.74, 6) is 0. The van der Waals surface area contributed by atoms with Crippen LogP contribution >= 0.6 is 6.72 Å². The number of hydrogen-bond acceptors (Lipinski definition) is 5. The first-order valence-electron chi connectivity index (χ1n) is 2.96. The Kier molecular flexibility index (Phi) is 6.27. The second-order valence-electron chi connectivity index (χ2n) is 1.58. The molecule has 0 bridgehead atoms. The van der Waals surface area contributed by atoms with E-state index in [0.29, 0.717) is 0 Å². The molecule has 0 amide bonds. The molecule has 0 spiro atoms. The van der Waals surface area contributed by atoms with E-state index in [4.69, 9.17) is 15.1 Å². The maximum Gasteiger partial charge on any atom is 0.324 e. The Hall–Kier alpha value is 0.450. The highest BCUT2D eigenvalue weighted by molar-refractivity contribution is 8.07. The van der Waals surface area contributed by atoms with Gasteiger partial charge in [-0.1, -0.05) is 0 Å². The summed E-state index contributed by atoms with van der Waals surface area (Å²) in [4.78, 5) is 9.04. The van der Waals surface area contributed by atoms with Gasteiger partial charge in [-0.3, -0.25) is 0 Å². The molecule has 0 unspecified atom stereocenters. The molecule has 5 nitrogen and oxygen atoms in total. The lowest BCUT2D eigenvalue weighted by molar-refractivity contribution is 0.136. The van der Waals surface area contributed by atoms with Crippen LogP contribution in [0.15, 0.2) is 0 Å². The number of aliphatic hydroxyl groups excluding tert-OH is 2. The second kappa shape index (κ2) is 6.02. The van der Waals surface area contributed by atoms with E-state index in [-0.39, 0.29) is 26.4 Å². The quantitative estimate of drug-likeness (QED) is 0.490. The molecule has 0 aromatic rings. The van der Waals surface area contributed by atoms with Crippen LogP contribution in [-0.2, 0) is 20.9 Å². The first-order chi connectivity index (χ1) is 5.12. The Bertz CT molecular complexity index is 128. The van der Waals surface area contributed by atoms with Crippen LogP contribution in [-0.4, -0.2) is 41.5 Å². The standard InChI is InChI=1S/C4H11O5PS/c5-1-3-8-10(7,11)9-4-2-6/h5-6H,1-4H2,(H,7,11). The van der Waals surface area contributed by atoms with E-state index in [1.54, 1.807) is 0 Å². The lowest BCUT2D eigenvalue weighted by Crippen LogP contribution is -2.02. The van der Waals surface area contributed by atoms with Crippen LogP contribution in [0.4, 0.5) is 0 Å². The normalized spacial score (nSPS) is 11.9. The van der Waals surface area contributed by atoms with E-state index in [9.17, 15) is 0 Å². The molecule has 0 aliphatic carbocycles. The van der Waals surface area contributed by atoms with Gasteiger partial charge in [0.05, 0.1) is 26.4 Å². The average molecular weight is 202 g/mol. The predicted octanol–water partition coefficient (Wildman–Crippen LogP) is -0.779. The highest BCUT2D eigenvalue weighted by Crippen LogP contribution is 2.42. The number of hydrogen-bond donors (Lipinski definition) is 3. The van der Waals surface area contributed by atoms with Gasteiger partial charge in [0.25, 0.3) is 0 Å². The van der Waals surface area contributed by atoms with Gasteiger partial charge >= 0.3 is 6.72 Å². The predicted molar refractivity (Wildman–Crippen MR) is 42.6 cm³/mol. The molecular formula is C4H11O5PS. The molecule has 0 rings (SSSR count). The van der Waals surface area contributed by atoms with Crippen molar-refractivity contribution in [3.8, 4) is 0 Å². The van der Waals surface area contributed by atoms with Gasteiger partial charge in [-0.25, -0.2) is 0 Å². The summed E-state index contributed by atoms with van der Waals surface area (Å²) in [6.45, 7) is -3.77. The van der Waals surface area contributed by atoms with Crippen molar-refractivity contribution in [2.45, 2.75) is 0 Å². The van der Waals surface area contributed by atoms with Crippen LogP contribution in [0.2, 0.25) is 0 Å². The molecule has 0 radical (unpaired) electrons. The molecule has 0 aromatic carbocycles. The van der Waals surface area contributed by atoms with E-state index in [2.05, 4.69) is 20.9 Å². The second-order valence-corrected chi connectivity index (χ2v) is 4.42. The third-order valence-corrected chi connectivity index (χ3v) is 2.34. The molecule has 68 valence electrons. The highest BCUT2D eigenvalue weighted by atomic mass is 32.5. The van der Waals surface area contributed by atoms with Gasteiger partial charge in [0.15, 0.2) is 0 Å². The molecule has 0 aromatic heterocycles. The average Bonchev–Trinajstić information content (AvgIpc) is 1.97. The monoisotopic (exact) mass is 202 g/mol.